The maximum Gasteiger partial charge on any atom is 0.310 e. The van der Waals surface area contributed by atoms with E-state index in [1.165, 1.54) is 21.3 Å². The first-order valence-electron chi connectivity index (χ1n) is 9.74. The molecular formula is C20H26N2O6S2. The summed E-state index contributed by atoms with van der Waals surface area (Å²) in [5.41, 5.74) is 4.05. The summed E-state index contributed by atoms with van der Waals surface area (Å²) in [6.45, 7) is 7.98. The van der Waals surface area contributed by atoms with Crippen molar-refractivity contribution in [3.8, 4) is 5.88 Å². The van der Waals surface area contributed by atoms with Gasteiger partial charge < -0.3 is 4.18 Å². The molecule has 0 spiro atoms. The molecule has 0 atom stereocenters. The zero-order valence-electron chi connectivity index (χ0n) is 17.6. The molecule has 1 aliphatic heterocycles. The van der Waals surface area contributed by atoms with E-state index in [0.717, 1.165) is 29.7 Å². The van der Waals surface area contributed by atoms with E-state index in [1.54, 1.807) is 6.92 Å². The summed E-state index contributed by atoms with van der Waals surface area (Å²) in [6, 6.07) is 1.91. The highest BCUT2D eigenvalue weighted by Gasteiger charge is 2.27. The predicted octanol–water partition coefficient (Wildman–Crippen LogP) is 3.97. The van der Waals surface area contributed by atoms with Crippen LogP contribution in [0.2, 0.25) is 0 Å². The Balaban J connectivity index is 0.00000155. The first-order chi connectivity index (χ1) is 14.3. The van der Waals surface area contributed by atoms with Crippen molar-refractivity contribution in [3.63, 3.8) is 0 Å². The van der Waals surface area contributed by atoms with E-state index in [0.29, 0.717) is 18.5 Å². The first-order valence-corrected chi connectivity index (χ1v) is 12.3. The molecule has 3 rings (SSSR count). The zero-order valence-corrected chi connectivity index (χ0v) is 19.2. The summed E-state index contributed by atoms with van der Waals surface area (Å²) in [4.78, 5) is 28.6. The van der Waals surface area contributed by atoms with Crippen molar-refractivity contribution in [1.29, 1.82) is 0 Å². The Labute approximate surface area is 180 Å². The second-order valence-corrected chi connectivity index (χ2v) is 9.77. The van der Waals surface area contributed by atoms with Gasteiger partial charge in [0.15, 0.2) is 5.78 Å². The summed E-state index contributed by atoms with van der Waals surface area (Å²) in [6.07, 6.45) is 3.89. The lowest BCUT2D eigenvalue weighted by Gasteiger charge is -2.22. The fourth-order valence-corrected chi connectivity index (χ4v) is 5.73. The second kappa shape index (κ2) is 10.2. The van der Waals surface area contributed by atoms with E-state index >= 15 is 0 Å². The van der Waals surface area contributed by atoms with E-state index in [1.807, 2.05) is 38.6 Å². The first kappa shape index (κ1) is 24.1. The number of aryl methyl sites for hydroxylation is 2. The number of fused-ring (bicyclic) bond motifs is 1. The minimum atomic E-state index is -3.77. The number of carbonyl (C=O) groups excluding carboxylic acids is 1. The van der Waals surface area contributed by atoms with Gasteiger partial charge in [0, 0.05) is 26.9 Å². The van der Waals surface area contributed by atoms with E-state index in [4.69, 9.17) is 14.1 Å². The van der Waals surface area contributed by atoms with E-state index < -0.39 is 10.1 Å². The van der Waals surface area contributed by atoms with Gasteiger partial charge in [-0.05, 0) is 68.5 Å². The van der Waals surface area contributed by atoms with Crippen molar-refractivity contribution in [3.05, 3.63) is 50.0 Å². The number of nitrogens with zero attached hydrogens (tertiary/aromatic N) is 2. The van der Waals surface area contributed by atoms with E-state index in [2.05, 4.69) is 5.10 Å². The van der Waals surface area contributed by atoms with Gasteiger partial charge in [0.05, 0.1) is 11.9 Å². The molecular weight excluding hydrogens is 428 g/mol. The Morgan fingerprint density at radius 2 is 1.93 bits per heavy atom. The Morgan fingerprint density at radius 1 is 1.23 bits per heavy atom. The molecule has 2 aromatic rings. The van der Waals surface area contributed by atoms with Crippen LogP contribution in [0.5, 0.6) is 5.88 Å². The Hall–Kier alpha value is -2.20. The molecule has 0 amide bonds. The molecule has 2 heterocycles. The normalized spacial score (nSPS) is 13.2. The Kier molecular flexibility index (Phi) is 8.19. The lowest BCUT2D eigenvalue weighted by atomic mass is 9.92. The van der Waals surface area contributed by atoms with Gasteiger partial charge in [0.1, 0.15) is 5.56 Å². The predicted molar refractivity (Wildman–Crippen MR) is 118 cm³/mol. The second-order valence-electron chi connectivity index (χ2n) is 6.98. The number of benzene rings is 1. The highest BCUT2D eigenvalue weighted by molar-refractivity contribution is 7.99. The number of hydrogen-bond donors (Lipinski definition) is 0. The molecule has 10 heteroatoms. The summed E-state index contributed by atoms with van der Waals surface area (Å²) < 4.78 is 31.1. The fourth-order valence-electron chi connectivity index (χ4n) is 3.52. The zero-order chi connectivity index (χ0) is 22.5. The van der Waals surface area contributed by atoms with Crippen LogP contribution >= 0.6 is 11.8 Å². The van der Waals surface area contributed by atoms with Crippen LogP contribution in [0, 0.1) is 23.8 Å². The number of thioether (sulfide) groups is 1. The molecule has 0 aliphatic carbocycles. The van der Waals surface area contributed by atoms with Gasteiger partial charge in [0.2, 0.25) is 5.88 Å². The molecule has 0 radical (unpaired) electrons. The lowest BCUT2D eigenvalue weighted by molar-refractivity contribution is 0.103. The summed E-state index contributed by atoms with van der Waals surface area (Å²) >= 11 is 1.84. The quantitative estimate of drug-likeness (QED) is 0.456. The van der Waals surface area contributed by atoms with Crippen molar-refractivity contribution >= 4 is 27.7 Å². The van der Waals surface area contributed by atoms with Gasteiger partial charge in [-0.2, -0.15) is 13.5 Å². The van der Waals surface area contributed by atoms with Crippen LogP contribution in [0.3, 0.4) is 0 Å². The van der Waals surface area contributed by atoms with Crippen LogP contribution < -0.4 is 4.18 Å². The number of rotatable bonds is 7. The van der Waals surface area contributed by atoms with Crippen molar-refractivity contribution in [1.82, 2.24) is 9.78 Å². The highest BCUT2D eigenvalue weighted by atomic mass is 32.2. The van der Waals surface area contributed by atoms with Crippen molar-refractivity contribution in [2.75, 3.05) is 11.5 Å². The maximum absolute atomic E-state index is 13.4. The molecule has 1 aromatic carbocycles. The standard InChI is InChI=1S/C20H26N2O4S2.O2/c1-5-10-28(24,25)26-20-17(12-21-22(20)6-2)18(23)16-11-13(3)19-15(14(16)4)8-7-9-27-19;1-2/h11-12H,5-10H2,1-4H3;. The minimum absolute atomic E-state index is 0.00472. The maximum atomic E-state index is 13.4. The third-order valence-electron chi connectivity index (χ3n) is 4.91. The Morgan fingerprint density at radius 3 is 2.57 bits per heavy atom. The fraction of sp³-hybridized carbons (Fsp3) is 0.500. The SMILES string of the molecule is CCCS(=O)(=O)Oc1c(C(=O)c2cc(C)c3c(c2C)CCCS3)cnn1CC.O=O. The van der Waals surface area contributed by atoms with Gasteiger partial charge in [-0.1, -0.05) is 6.92 Å². The van der Waals surface area contributed by atoms with Gasteiger partial charge >= 0.3 is 10.1 Å². The number of hydrogen-bond acceptors (Lipinski definition) is 8. The molecule has 0 unspecified atom stereocenters. The molecule has 1 aliphatic rings. The average Bonchev–Trinajstić information content (AvgIpc) is 3.13. The molecule has 30 heavy (non-hydrogen) atoms. The minimum Gasteiger partial charge on any atom is -0.361 e. The Bertz CT molecular complexity index is 1030. The topological polar surface area (TPSA) is 112 Å². The number of aromatic nitrogens is 2. The average molecular weight is 455 g/mol. The molecule has 8 nitrogen and oxygen atoms in total. The van der Waals surface area contributed by atoms with Crippen LogP contribution in [0.25, 0.3) is 0 Å². The summed E-state index contributed by atoms with van der Waals surface area (Å²) in [5, 5.41) is 4.17. The molecule has 0 fully saturated rings. The molecule has 1 aromatic heterocycles. The van der Waals surface area contributed by atoms with Crippen LogP contribution in [-0.4, -0.2) is 35.5 Å². The lowest BCUT2D eigenvalue weighted by Crippen LogP contribution is -2.18. The third-order valence-corrected chi connectivity index (χ3v) is 7.58. The van der Waals surface area contributed by atoms with Crippen molar-refractivity contribution in [2.24, 2.45) is 0 Å². The molecule has 0 bridgehead atoms. The number of ketones is 1. The van der Waals surface area contributed by atoms with Gasteiger partial charge in [-0.25, -0.2) is 4.68 Å². The van der Waals surface area contributed by atoms with E-state index in [9.17, 15) is 13.2 Å². The van der Waals surface area contributed by atoms with Gasteiger partial charge in [-0.3, -0.25) is 4.79 Å². The molecule has 0 N–H and O–H groups in total. The smallest absolute Gasteiger partial charge is 0.310 e. The number of carbonyl (C=O) groups is 1. The van der Waals surface area contributed by atoms with E-state index in [-0.39, 0.29) is 23.0 Å². The van der Waals surface area contributed by atoms with Crippen molar-refractivity contribution < 1.29 is 17.4 Å². The van der Waals surface area contributed by atoms with Crippen LogP contribution in [0.4, 0.5) is 0 Å². The van der Waals surface area contributed by atoms with Crippen LogP contribution in [-0.2, 0) is 23.1 Å². The summed E-state index contributed by atoms with van der Waals surface area (Å²) in [7, 11) is -3.77. The van der Waals surface area contributed by atoms with Gasteiger partial charge in [0.25, 0.3) is 0 Å². The van der Waals surface area contributed by atoms with Crippen molar-refractivity contribution in [2.45, 2.75) is 58.4 Å². The molecule has 0 saturated carbocycles. The third kappa shape index (κ3) is 4.92. The largest absolute Gasteiger partial charge is 0.361 e. The van der Waals surface area contributed by atoms with Crippen LogP contribution in [0.1, 0.15) is 59.3 Å². The van der Waals surface area contributed by atoms with Gasteiger partial charge in [-0.15, -0.1) is 11.8 Å². The molecule has 164 valence electrons. The highest BCUT2D eigenvalue weighted by Crippen LogP contribution is 2.37. The van der Waals surface area contributed by atoms with Crippen LogP contribution in [0.15, 0.2) is 17.2 Å². The summed E-state index contributed by atoms with van der Waals surface area (Å²) in [5.74, 6) is 0.742. The monoisotopic (exact) mass is 454 g/mol. The molecule has 0 saturated heterocycles.